The summed E-state index contributed by atoms with van der Waals surface area (Å²) in [4.78, 5) is 12.5. The van der Waals surface area contributed by atoms with E-state index in [-0.39, 0.29) is 23.3 Å². The van der Waals surface area contributed by atoms with Gasteiger partial charge in [0, 0.05) is 18.2 Å². The van der Waals surface area contributed by atoms with Crippen LogP contribution in [0.3, 0.4) is 0 Å². The van der Waals surface area contributed by atoms with Gasteiger partial charge in [-0.25, -0.2) is 21.6 Å². The Morgan fingerprint density at radius 1 is 1.03 bits per heavy atom. The summed E-state index contributed by atoms with van der Waals surface area (Å²) in [7, 11) is -6.90. The molecule has 0 saturated heterocycles. The summed E-state index contributed by atoms with van der Waals surface area (Å²) in [5.41, 5.74) is 2.49. The largest absolute Gasteiger partial charge is 0.326 e. The average Bonchev–Trinajstić information content (AvgIpc) is 3.45. The summed E-state index contributed by atoms with van der Waals surface area (Å²) >= 11 is 0. The van der Waals surface area contributed by atoms with Gasteiger partial charge in [-0.3, -0.25) is 9.52 Å². The van der Waals surface area contributed by atoms with Crippen molar-refractivity contribution in [3.63, 3.8) is 0 Å². The fourth-order valence-electron chi connectivity index (χ4n) is 2.81. The smallest absolute Gasteiger partial charge is 0.240 e. The van der Waals surface area contributed by atoms with Crippen LogP contribution in [0.15, 0.2) is 47.4 Å². The minimum atomic E-state index is -3.48. The molecule has 2 aromatic rings. The molecule has 30 heavy (non-hydrogen) atoms. The van der Waals surface area contributed by atoms with Crippen LogP contribution in [0.4, 0.5) is 11.4 Å². The molecule has 8 nitrogen and oxygen atoms in total. The minimum absolute atomic E-state index is 0.0493. The van der Waals surface area contributed by atoms with E-state index in [2.05, 4.69) is 14.8 Å². The van der Waals surface area contributed by atoms with E-state index in [0.29, 0.717) is 17.8 Å². The SMILES string of the molecule is Cc1ccc(NC(=O)CCc2ccc(S(=O)(=O)NC3CC3)cc2)cc1NS(C)(=O)=O. The third kappa shape index (κ3) is 6.54. The topological polar surface area (TPSA) is 121 Å². The standard InChI is InChI=1S/C20H25N3O5S2/c1-14-3-7-17(13-19(14)23-29(2,25)26)21-20(24)12-6-15-4-10-18(11-5-15)30(27,28)22-16-8-9-16/h3-5,7,10-11,13,16,22-23H,6,8-9,12H2,1-2H3,(H,21,24). The molecule has 162 valence electrons. The highest BCUT2D eigenvalue weighted by Crippen LogP contribution is 2.23. The van der Waals surface area contributed by atoms with Crippen LogP contribution in [0.25, 0.3) is 0 Å². The van der Waals surface area contributed by atoms with E-state index in [1.54, 1.807) is 49.4 Å². The number of nitrogens with one attached hydrogen (secondary N) is 3. The van der Waals surface area contributed by atoms with Crippen molar-refractivity contribution in [1.29, 1.82) is 0 Å². The maximum atomic E-state index is 12.3. The first-order valence-corrected chi connectivity index (χ1v) is 12.9. The Morgan fingerprint density at radius 2 is 1.70 bits per heavy atom. The van der Waals surface area contributed by atoms with Crippen LogP contribution in [0.1, 0.15) is 30.4 Å². The highest BCUT2D eigenvalue weighted by Gasteiger charge is 2.27. The normalized spacial score (nSPS) is 14.3. The van der Waals surface area contributed by atoms with Crippen molar-refractivity contribution in [1.82, 2.24) is 4.72 Å². The number of benzene rings is 2. The van der Waals surface area contributed by atoms with Gasteiger partial charge in [-0.05, 0) is 61.6 Å². The number of anilines is 2. The van der Waals surface area contributed by atoms with Gasteiger partial charge >= 0.3 is 0 Å². The van der Waals surface area contributed by atoms with Gasteiger partial charge in [0.1, 0.15) is 0 Å². The number of hydrogen-bond donors (Lipinski definition) is 3. The summed E-state index contributed by atoms with van der Waals surface area (Å²) in [6.45, 7) is 1.77. The van der Waals surface area contributed by atoms with E-state index in [4.69, 9.17) is 0 Å². The first kappa shape index (κ1) is 22.3. The Kier molecular flexibility index (Phi) is 6.49. The van der Waals surface area contributed by atoms with E-state index in [9.17, 15) is 21.6 Å². The van der Waals surface area contributed by atoms with Crippen molar-refractivity contribution in [3.05, 3.63) is 53.6 Å². The third-order valence-corrected chi connectivity index (χ3v) is 6.72. The lowest BCUT2D eigenvalue weighted by Crippen LogP contribution is -2.25. The number of aryl methyl sites for hydroxylation is 2. The molecular weight excluding hydrogens is 426 g/mol. The van der Waals surface area contributed by atoms with Crippen molar-refractivity contribution in [2.24, 2.45) is 0 Å². The highest BCUT2D eigenvalue weighted by atomic mass is 32.2. The molecule has 0 aromatic heterocycles. The van der Waals surface area contributed by atoms with Crippen molar-refractivity contribution in [2.45, 2.75) is 43.5 Å². The molecule has 0 bridgehead atoms. The molecule has 1 aliphatic rings. The maximum Gasteiger partial charge on any atom is 0.240 e. The molecule has 1 aliphatic carbocycles. The van der Waals surface area contributed by atoms with Gasteiger partial charge in [-0.1, -0.05) is 18.2 Å². The van der Waals surface area contributed by atoms with E-state index < -0.39 is 20.0 Å². The third-order valence-electron chi connectivity index (χ3n) is 4.59. The molecule has 1 fully saturated rings. The van der Waals surface area contributed by atoms with Gasteiger partial charge in [0.2, 0.25) is 26.0 Å². The van der Waals surface area contributed by atoms with E-state index in [0.717, 1.165) is 30.2 Å². The zero-order chi connectivity index (χ0) is 21.9. The van der Waals surface area contributed by atoms with Gasteiger partial charge < -0.3 is 5.32 Å². The average molecular weight is 452 g/mol. The van der Waals surface area contributed by atoms with Crippen molar-refractivity contribution < 1.29 is 21.6 Å². The summed E-state index contributed by atoms with van der Waals surface area (Å²) in [5, 5.41) is 2.75. The van der Waals surface area contributed by atoms with Crippen molar-refractivity contribution in [2.75, 3.05) is 16.3 Å². The Balaban J connectivity index is 1.56. The van der Waals surface area contributed by atoms with E-state index in [1.807, 2.05) is 0 Å². The van der Waals surface area contributed by atoms with Crippen LogP contribution in [0, 0.1) is 6.92 Å². The Bertz CT molecular complexity index is 1140. The molecule has 0 spiro atoms. The number of amides is 1. The zero-order valence-corrected chi connectivity index (χ0v) is 18.4. The molecule has 1 saturated carbocycles. The Morgan fingerprint density at radius 3 is 2.30 bits per heavy atom. The molecule has 0 aliphatic heterocycles. The molecule has 3 N–H and O–H groups in total. The van der Waals surface area contributed by atoms with Gasteiger partial charge in [-0.2, -0.15) is 0 Å². The van der Waals surface area contributed by atoms with Crippen LogP contribution in [0.5, 0.6) is 0 Å². The minimum Gasteiger partial charge on any atom is -0.326 e. The first-order chi connectivity index (χ1) is 14.0. The summed E-state index contributed by atoms with van der Waals surface area (Å²) < 4.78 is 52.3. The molecular formula is C20H25N3O5S2. The zero-order valence-electron chi connectivity index (χ0n) is 16.8. The number of sulfonamides is 2. The first-order valence-electron chi connectivity index (χ1n) is 9.51. The van der Waals surface area contributed by atoms with Gasteiger partial charge in [0.05, 0.1) is 16.8 Å². The molecule has 0 radical (unpaired) electrons. The molecule has 0 atom stereocenters. The number of carbonyl (C=O) groups excluding carboxylic acids is 1. The van der Waals surface area contributed by atoms with Gasteiger partial charge in [-0.15, -0.1) is 0 Å². The molecule has 0 heterocycles. The van der Waals surface area contributed by atoms with Crippen LogP contribution in [-0.4, -0.2) is 35.0 Å². The maximum absolute atomic E-state index is 12.3. The van der Waals surface area contributed by atoms with Gasteiger partial charge in [0.25, 0.3) is 0 Å². The monoisotopic (exact) mass is 451 g/mol. The Hall–Kier alpha value is -2.43. The second-order valence-corrected chi connectivity index (χ2v) is 11.0. The predicted molar refractivity (Wildman–Crippen MR) is 116 cm³/mol. The highest BCUT2D eigenvalue weighted by molar-refractivity contribution is 7.92. The number of rotatable bonds is 9. The van der Waals surface area contributed by atoms with Crippen LogP contribution >= 0.6 is 0 Å². The fourth-order valence-corrected chi connectivity index (χ4v) is 4.74. The van der Waals surface area contributed by atoms with Crippen LogP contribution < -0.4 is 14.8 Å². The summed E-state index contributed by atoms with van der Waals surface area (Å²) in [5.74, 6) is -0.226. The van der Waals surface area contributed by atoms with Crippen LogP contribution in [0.2, 0.25) is 0 Å². The lowest BCUT2D eigenvalue weighted by molar-refractivity contribution is -0.116. The number of hydrogen-bond acceptors (Lipinski definition) is 5. The predicted octanol–water partition coefficient (Wildman–Crippen LogP) is 2.38. The lowest BCUT2D eigenvalue weighted by Gasteiger charge is -2.11. The fraction of sp³-hybridized carbons (Fsp3) is 0.350. The second-order valence-electron chi connectivity index (χ2n) is 7.49. The summed E-state index contributed by atoms with van der Waals surface area (Å²) in [6.07, 6.45) is 3.46. The Labute approximate surface area is 177 Å². The molecule has 10 heteroatoms. The number of carbonyl (C=O) groups is 1. The summed E-state index contributed by atoms with van der Waals surface area (Å²) in [6, 6.07) is 11.5. The quantitative estimate of drug-likeness (QED) is 0.540. The van der Waals surface area contributed by atoms with Gasteiger partial charge in [0.15, 0.2) is 0 Å². The molecule has 2 aromatic carbocycles. The van der Waals surface area contributed by atoms with Crippen LogP contribution in [-0.2, 0) is 31.3 Å². The van der Waals surface area contributed by atoms with Crippen molar-refractivity contribution in [3.8, 4) is 0 Å². The second kappa shape index (κ2) is 8.75. The molecule has 0 unspecified atom stereocenters. The molecule has 3 rings (SSSR count). The lowest BCUT2D eigenvalue weighted by atomic mass is 10.1. The van der Waals surface area contributed by atoms with Crippen molar-refractivity contribution >= 4 is 37.3 Å². The molecule has 1 amide bonds. The van der Waals surface area contributed by atoms with E-state index >= 15 is 0 Å². The van der Waals surface area contributed by atoms with E-state index in [1.165, 1.54) is 0 Å².